The number of carbonyl (C=O) groups excluding carboxylic acids is 1. The molecule has 8 heteroatoms. The molecule has 1 saturated heterocycles. The predicted molar refractivity (Wildman–Crippen MR) is 105 cm³/mol. The van der Waals surface area contributed by atoms with E-state index in [0.29, 0.717) is 35.2 Å². The number of methoxy groups -OCH3 is 1. The topological polar surface area (TPSA) is 70.8 Å². The molecule has 2 heterocycles. The number of nitrogens with one attached hydrogen (secondary N) is 1. The Kier molecular flexibility index (Phi) is 6.18. The second kappa shape index (κ2) is 8.60. The molecule has 0 saturated carbocycles. The van der Waals surface area contributed by atoms with Gasteiger partial charge in [0.1, 0.15) is 5.56 Å². The van der Waals surface area contributed by atoms with Gasteiger partial charge < -0.3 is 24.4 Å². The van der Waals surface area contributed by atoms with E-state index in [9.17, 15) is 9.18 Å². The second-order valence-electron chi connectivity index (χ2n) is 7.43. The number of likely N-dealkylation sites (tertiary alicyclic amines) is 1. The summed E-state index contributed by atoms with van der Waals surface area (Å²) >= 11 is 0. The fraction of sp³-hybridized carbons (Fsp3) is 0.500. The van der Waals surface area contributed by atoms with Gasteiger partial charge in [0.15, 0.2) is 23.1 Å². The van der Waals surface area contributed by atoms with Crippen LogP contribution >= 0.6 is 0 Å². The van der Waals surface area contributed by atoms with Crippen LogP contribution in [0.15, 0.2) is 22.7 Å². The summed E-state index contributed by atoms with van der Waals surface area (Å²) in [6.07, 6.45) is 2.23. The SMILES string of the molecule is COc1cc(-c2onc(N(C)C)c2C(=O)NCC2CCCN(C)C2)ccc1F. The number of ether oxygens (including phenoxy) is 1. The molecular weight excluding hydrogens is 363 g/mol. The van der Waals surface area contributed by atoms with E-state index >= 15 is 0 Å². The zero-order valence-electron chi connectivity index (χ0n) is 16.8. The number of rotatable bonds is 6. The van der Waals surface area contributed by atoms with Gasteiger partial charge >= 0.3 is 0 Å². The third-order valence-electron chi connectivity index (χ3n) is 5.01. The van der Waals surface area contributed by atoms with Crippen molar-refractivity contribution >= 4 is 11.7 Å². The first kappa shape index (κ1) is 20.1. The summed E-state index contributed by atoms with van der Waals surface area (Å²) in [5, 5.41) is 7.07. The molecule has 0 radical (unpaired) electrons. The number of halogens is 1. The standard InChI is InChI=1S/C20H27FN4O3/c1-24(2)19-17(20(26)22-11-13-6-5-9-25(3)12-13)18(28-23-19)14-7-8-15(21)16(10-14)27-4/h7-8,10,13H,5-6,9,11-12H2,1-4H3,(H,22,26). The van der Waals surface area contributed by atoms with Crippen LogP contribution in [0.5, 0.6) is 5.75 Å². The molecular formula is C20H27FN4O3. The smallest absolute Gasteiger partial charge is 0.259 e. The maximum Gasteiger partial charge on any atom is 0.259 e. The van der Waals surface area contributed by atoms with Crippen LogP contribution < -0.4 is 15.0 Å². The van der Waals surface area contributed by atoms with Crippen LogP contribution in [0.4, 0.5) is 10.2 Å². The summed E-state index contributed by atoms with van der Waals surface area (Å²) in [6, 6.07) is 4.33. The van der Waals surface area contributed by atoms with Gasteiger partial charge in [0.2, 0.25) is 0 Å². The second-order valence-corrected chi connectivity index (χ2v) is 7.43. The maximum atomic E-state index is 13.8. The Hall–Kier alpha value is -2.61. The lowest BCUT2D eigenvalue weighted by Gasteiger charge is -2.29. The Morgan fingerprint density at radius 2 is 2.25 bits per heavy atom. The lowest BCUT2D eigenvalue weighted by atomic mass is 9.98. The summed E-state index contributed by atoms with van der Waals surface area (Å²) in [7, 11) is 7.07. The number of anilines is 1. The van der Waals surface area contributed by atoms with Crippen LogP contribution in [-0.2, 0) is 0 Å². The molecule has 152 valence electrons. The van der Waals surface area contributed by atoms with E-state index in [-0.39, 0.29) is 11.7 Å². The zero-order valence-corrected chi connectivity index (χ0v) is 16.8. The Bertz CT molecular complexity index is 837. The maximum absolute atomic E-state index is 13.8. The van der Waals surface area contributed by atoms with Gasteiger partial charge in [-0.1, -0.05) is 5.16 Å². The van der Waals surface area contributed by atoms with Gasteiger partial charge in [-0.25, -0.2) is 4.39 Å². The summed E-state index contributed by atoms with van der Waals surface area (Å²) in [5.41, 5.74) is 0.865. The van der Waals surface area contributed by atoms with Crippen molar-refractivity contribution < 1.29 is 18.4 Å². The molecule has 1 fully saturated rings. The number of carbonyl (C=O) groups is 1. The van der Waals surface area contributed by atoms with Gasteiger partial charge in [-0.2, -0.15) is 0 Å². The molecule has 1 amide bonds. The fourth-order valence-electron chi connectivity index (χ4n) is 3.55. The lowest BCUT2D eigenvalue weighted by Crippen LogP contribution is -2.39. The molecule has 1 aliphatic heterocycles. The van der Waals surface area contributed by atoms with E-state index in [2.05, 4.69) is 22.4 Å². The van der Waals surface area contributed by atoms with Gasteiger partial charge in [-0.3, -0.25) is 4.79 Å². The highest BCUT2D eigenvalue weighted by molar-refractivity contribution is 6.04. The summed E-state index contributed by atoms with van der Waals surface area (Å²) in [5.74, 6) is 0.482. The minimum Gasteiger partial charge on any atom is -0.494 e. The highest BCUT2D eigenvalue weighted by atomic mass is 19.1. The molecule has 1 atom stereocenters. The first-order chi connectivity index (χ1) is 13.4. The molecule has 1 aromatic heterocycles. The van der Waals surface area contributed by atoms with E-state index in [1.807, 2.05) is 0 Å². The zero-order chi connectivity index (χ0) is 20.3. The number of aromatic nitrogens is 1. The van der Waals surface area contributed by atoms with Crippen molar-refractivity contribution in [3.8, 4) is 17.1 Å². The summed E-state index contributed by atoms with van der Waals surface area (Å²) in [6.45, 7) is 2.65. The monoisotopic (exact) mass is 390 g/mol. The lowest BCUT2D eigenvalue weighted by molar-refractivity contribution is 0.0937. The molecule has 1 aromatic carbocycles. The van der Waals surface area contributed by atoms with E-state index in [1.165, 1.54) is 19.2 Å². The first-order valence-electron chi connectivity index (χ1n) is 9.38. The average Bonchev–Trinajstić information content (AvgIpc) is 3.12. The highest BCUT2D eigenvalue weighted by Gasteiger charge is 2.27. The molecule has 1 aliphatic rings. The Morgan fingerprint density at radius 3 is 2.93 bits per heavy atom. The third kappa shape index (κ3) is 4.27. The third-order valence-corrected chi connectivity index (χ3v) is 5.01. The average molecular weight is 390 g/mol. The molecule has 0 spiro atoms. The number of amides is 1. The first-order valence-corrected chi connectivity index (χ1v) is 9.38. The van der Waals surface area contributed by atoms with E-state index < -0.39 is 5.82 Å². The molecule has 2 aromatic rings. The molecule has 28 heavy (non-hydrogen) atoms. The van der Waals surface area contributed by atoms with Crippen molar-refractivity contribution in [2.75, 3.05) is 52.8 Å². The van der Waals surface area contributed by atoms with Gasteiger partial charge in [-0.15, -0.1) is 0 Å². The van der Waals surface area contributed by atoms with Gasteiger partial charge in [0.25, 0.3) is 5.91 Å². The van der Waals surface area contributed by atoms with Crippen molar-refractivity contribution in [1.82, 2.24) is 15.4 Å². The molecule has 7 nitrogen and oxygen atoms in total. The molecule has 1 N–H and O–H groups in total. The van der Waals surface area contributed by atoms with Gasteiger partial charge in [0, 0.05) is 32.7 Å². The molecule has 0 bridgehead atoms. The van der Waals surface area contributed by atoms with Crippen molar-refractivity contribution in [2.45, 2.75) is 12.8 Å². The Balaban J connectivity index is 1.86. The van der Waals surface area contributed by atoms with Gasteiger partial charge in [0.05, 0.1) is 7.11 Å². The van der Waals surface area contributed by atoms with Crippen molar-refractivity contribution in [3.63, 3.8) is 0 Å². The number of piperidine rings is 1. The van der Waals surface area contributed by atoms with Crippen molar-refractivity contribution in [1.29, 1.82) is 0 Å². The Morgan fingerprint density at radius 1 is 1.46 bits per heavy atom. The molecule has 1 unspecified atom stereocenters. The number of hydrogen-bond donors (Lipinski definition) is 1. The Labute approximate surface area is 164 Å². The summed E-state index contributed by atoms with van der Waals surface area (Å²) < 4.78 is 24.3. The number of benzene rings is 1. The minimum atomic E-state index is -0.481. The normalized spacial score (nSPS) is 17.4. The van der Waals surface area contributed by atoms with E-state index in [1.54, 1.807) is 25.1 Å². The van der Waals surface area contributed by atoms with Crippen molar-refractivity contribution in [2.24, 2.45) is 5.92 Å². The van der Waals surface area contributed by atoms with Crippen LogP contribution in [0, 0.1) is 11.7 Å². The van der Waals surface area contributed by atoms with Crippen LogP contribution in [0.3, 0.4) is 0 Å². The van der Waals surface area contributed by atoms with E-state index in [4.69, 9.17) is 9.26 Å². The van der Waals surface area contributed by atoms with E-state index in [0.717, 1.165) is 25.9 Å². The van der Waals surface area contributed by atoms with Crippen LogP contribution in [0.25, 0.3) is 11.3 Å². The number of nitrogens with zero attached hydrogens (tertiary/aromatic N) is 3. The fourth-order valence-corrected chi connectivity index (χ4v) is 3.55. The predicted octanol–water partition coefficient (Wildman–Crippen LogP) is 2.63. The summed E-state index contributed by atoms with van der Waals surface area (Å²) in [4.78, 5) is 17.0. The van der Waals surface area contributed by atoms with Crippen molar-refractivity contribution in [3.05, 3.63) is 29.6 Å². The minimum absolute atomic E-state index is 0.0805. The highest BCUT2D eigenvalue weighted by Crippen LogP contribution is 2.33. The van der Waals surface area contributed by atoms with Crippen LogP contribution in [-0.4, -0.2) is 63.9 Å². The number of hydrogen-bond acceptors (Lipinski definition) is 6. The molecule has 0 aliphatic carbocycles. The van der Waals surface area contributed by atoms with Crippen LogP contribution in [0.1, 0.15) is 23.2 Å². The van der Waals surface area contributed by atoms with Crippen LogP contribution in [0.2, 0.25) is 0 Å². The van der Waals surface area contributed by atoms with Gasteiger partial charge in [-0.05, 0) is 50.6 Å². The molecule has 3 rings (SSSR count). The largest absolute Gasteiger partial charge is 0.494 e. The quantitative estimate of drug-likeness (QED) is 0.818.